The normalized spacial score (nSPS) is 11.9. The van der Waals surface area contributed by atoms with Gasteiger partial charge in [0.15, 0.2) is 0 Å². The maximum absolute atomic E-state index is 11.9. The first-order valence-corrected chi connectivity index (χ1v) is 7.64. The summed E-state index contributed by atoms with van der Waals surface area (Å²) in [5.41, 5.74) is 1.40. The fourth-order valence-corrected chi connectivity index (χ4v) is 2.01. The Morgan fingerprint density at radius 1 is 0.727 bits per heavy atom. The van der Waals surface area contributed by atoms with Crippen LogP contribution in [0.25, 0.3) is 0 Å². The van der Waals surface area contributed by atoms with Crippen LogP contribution in [0.4, 0.5) is 11.4 Å². The van der Waals surface area contributed by atoms with Gasteiger partial charge < -0.3 is 10.6 Å². The summed E-state index contributed by atoms with van der Waals surface area (Å²) in [6.45, 7) is 12.2. The van der Waals surface area contributed by atoms with Crippen molar-refractivity contribution in [2.45, 2.75) is 54.4 Å². The molecular weight excluding hydrogens is 276 g/mol. The fourth-order valence-electron chi connectivity index (χ4n) is 2.01. The van der Waals surface area contributed by atoms with Gasteiger partial charge in [-0.15, -0.1) is 0 Å². The van der Waals surface area contributed by atoms with Crippen LogP contribution in [0, 0.1) is 10.8 Å². The van der Waals surface area contributed by atoms with E-state index in [2.05, 4.69) is 10.6 Å². The Bertz CT molecular complexity index is 471. The van der Waals surface area contributed by atoms with E-state index >= 15 is 0 Å². The summed E-state index contributed by atoms with van der Waals surface area (Å²) in [6, 6.07) is 7.20. The highest BCUT2D eigenvalue weighted by Gasteiger charge is 2.17. The molecule has 0 aliphatic carbocycles. The van der Waals surface area contributed by atoms with Crippen LogP contribution in [0.5, 0.6) is 0 Å². The second kappa shape index (κ2) is 6.95. The number of carbonyl (C=O) groups is 2. The lowest BCUT2D eigenvalue weighted by Gasteiger charge is -2.18. The Hall–Kier alpha value is -1.84. The minimum absolute atomic E-state index is 0.00276. The van der Waals surface area contributed by atoms with E-state index in [9.17, 15) is 9.59 Å². The molecule has 0 atom stereocenters. The summed E-state index contributed by atoms with van der Waals surface area (Å²) in [6.07, 6.45) is 0.939. The van der Waals surface area contributed by atoms with Crippen LogP contribution >= 0.6 is 0 Å². The Balaban J connectivity index is 2.56. The topological polar surface area (TPSA) is 58.2 Å². The number of nitrogens with one attached hydrogen (secondary N) is 2. The zero-order valence-electron chi connectivity index (χ0n) is 14.5. The first kappa shape index (κ1) is 18.2. The monoisotopic (exact) mass is 304 g/mol. The Kier molecular flexibility index (Phi) is 5.75. The van der Waals surface area contributed by atoms with Gasteiger partial charge in [-0.2, -0.15) is 0 Å². The molecule has 0 heterocycles. The molecular formula is C18H28N2O2. The van der Waals surface area contributed by atoms with Gasteiger partial charge in [-0.3, -0.25) is 9.59 Å². The molecule has 0 aliphatic rings. The minimum Gasteiger partial charge on any atom is -0.326 e. The summed E-state index contributed by atoms with van der Waals surface area (Å²) in [4.78, 5) is 23.7. The lowest BCUT2D eigenvalue weighted by Crippen LogP contribution is -2.20. The lowest BCUT2D eigenvalue weighted by atomic mass is 9.92. The second-order valence-corrected chi connectivity index (χ2v) is 8.15. The quantitative estimate of drug-likeness (QED) is 0.864. The van der Waals surface area contributed by atoms with Crippen LogP contribution in [0.15, 0.2) is 24.3 Å². The molecule has 22 heavy (non-hydrogen) atoms. The molecule has 1 aromatic carbocycles. The van der Waals surface area contributed by atoms with Crippen LogP contribution in [-0.2, 0) is 9.59 Å². The third kappa shape index (κ3) is 7.81. The SMILES string of the molecule is CC(C)(C)CC(=O)Nc1ccc(NC(=O)CC(C)(C)C)cc1. The van der Waals surface area contributed by atoms with Crippen LogP contribution < -0.4 is 10.6 Å². The summed E-state index contributed by atoms with van der Waals surface area (Å²) >= 11 is 0. The standard InChI is InChI=1S/C18H28N2O2/c1-17(2,3)11-15(21)19-13-7-9-14(10-8-13)20-16(22)12-18(4,5)6/h7-10H,11-12H2,1-6H3,(H,19,21)(H,20,22). The number of anilines is 2. The summed E-state index contributed by atoms with van der Waals surface area (Å²) < 4.78 is 0. The van der Waals surface area contributed by atoms with E-state index in [-0.39, 0.29) is 22.6 Å². The molecule has 0 radical (unpaired) electrons. The average molecular weight is 304 g/mol. The van der Waals surface area contributed by atoms with Gasteiger partial charge in [-0.25, -0.2) is 0 Å². The van der Waals surface area contributed by atoms with Crippen LogP contribution in [0.3, 0.4) is 0 Å². The van der Waals surface area contributed by atoms with Crippen molar-refractivity contribution >= 4 is 23.2 Å². The number of rotatable bonds is 4. The molecule has 0 saturated heterocycles. The third-order valence-corrected chi connectivity index (χ3v) is 2.83. The third-order valence-electron chi connectivity index (χ3n) is 2.83. The van der Waals surface area contributed by atoms with E-state index in [0.717, 1.165) is 11.4 Å². The van der Waals surface area contributed by atoms with Gasteiger partial charge >= 0.3 is 0 Å². The van der Waals surface area contributed by atoms with Crippen molar-refractivity contribution in [1.82, 2.24) is 0 Å². The Morgan fingerprint density at radius 2 is 1.00 bits per heavy atom. The van der Waals surface area contributed by atoms with Gasteiger partial charge in [0, 0.05) is 24.2 Å². The molecule has 2 N–H and O–H groups in total. The first-order valence-electron chi connectivity index (χ1n) is 7.64. The van der Waals surface area contributed by atoms with Crippen LogP contribution in [0.2, 0.25) is 0 Å². The molecule has 0 fully saturated rings. The van der Waals surface area contributed by atoms with Crippen molar-refractivity contribution in [1.29, 1.82) is 0 Å². The van der Waals surface area contributed by atoms with Crippen molar-refractivity contribution in [2.24, 2.45) is 10.8 Å². The Morgan fingerprint density at radius 3 is 1.23 bits per heavy atom. The summed E-state index contributed by atoms with van der Waals surface area (Å²) in [5.74, 6) is -0.00552. The van der Waals surface area contributed by atoms with E-state index in [4.69, 9.17) is 0 Å². The summed E-state index contributed by atoms with van der Waals surface area (Å²) in [5, 5.41) is 5.73. The van der Waals surface area contributed by atoms with Gasteiger partial charge in [0.25, 0.3) is 0 Å². The number of carbonyl (C=O) groups excluding carboxylic acids is 2. The molecule has 2 amide bonds. The van der Waals surface area contributed by atoms with Crippen molar-refractivity contribution in [3.63, 3.8) is 0 Å². The van der Waals surface area contributed by atoms with Crippen molar-refractivity contribution in [2.75, 3.05) is 10.6 Å². The fraction of sp³-hybridized carbons (Fsp3) is 0.556. The molecule has 4 nitrogen and oxygen atoms in total. The smallest absolute Gasteiger partial charge is 0.224 e. The van der Waals surface area contributed by atoms with Gasteiger partial charge in [-0.1, -0.05) is 41.5 Å². The first-order chi connectivity index (χ1) is 9.94. The van der Waals surface area contributed by atoms with Crippen molar-refractivity contribution in [3.05, 3.63) is 24.3 Å². The molecule has 1 rings (SSSR count). The molecule has 1 aromatic rings. The van der Waals surface area contributed by atoms with E-state index in [1.807, 2.05) is 41.5 Å². The lowest BCUT2D eigenvalue weighted by molar-refractivity contribution is -0.118. The molecule has 122 valence electrons. The van der Waals surface area contributed by atoms with Gasteiger partial charge in [0.2, 0.25) is 11.8 Å². The maximum Gasteiger partial charge on any atom is 0.224 e. The highest BCUT2D eigenvalue weighted by molar-refractivity contribution is 5.93. The number of hydrogen-bond acceptors (Lipinski definition) is 2. The van der Waals surface area contributed by atoms with Gasteiger partial charge in [-0.05, 0) is 35.1 Å². The van der Waals surface area contributed by atoms with Crippen molar-refractivity contribution in [3.8, 4) is 0 Å². The number of hydrogen-bond donors (Lipinski definition) is 2. The van der Waals surface area contributed by atoms with Gasteiger partial charge in [0.1, 0.15) is 0 Å². The molecule has 0 aliphatic heterocycles. The second-order valence-electron chi connectivity index (χ2n) is 8.15. The number of amides is 2. The zero-order chi connectivity index (χ0) is 17.0. The molecule has 4 heteroatoms. The molecule has 0 unspecified atom stereocenters. The van der Waals surface area contributed by atoms with Crippen molar-refractivity contribution < 1.29 is 9.59 Å². The Labute approximate surface area is 133 Å². The highest BCUT2D eigenvalue weighted by atomic mass is 16.2. The molecule has 0 aromatic heterocycles. The number of benzene rings is 1. The molecule has 0 saturated carbocycles. The van der Waals surface area contributed by atoms with E-state index in [1.165, 1.54) is 0 Å². The largest absolute Gasteiger partial charge is 0.326 e. The van der Waals surface area contributed by atoms with E-state index < -0.39 is 0 Å². The molecule has 0 bridgehead atoms. The van der Waals surface area contributed by atoms with E-state index in [1.54, 1.807) is 24.3 Å². The summed E-state index contributed by atoms with van der Waals surface area (Å²) in [7, 11) is 0. The average Bonchev–Trinajstić information content (AvgIpc) is 2.26. The van der Waals surface area contributed by atoms with Gasteiger partial charge in [0.05, 0.1) is 0 Å². The molecule has 0 spiro atoms. The minimum atomic E-state index is -0.0368. The van der Waals surface area contributed by atoms with Crippen LogP contribution in [-0.4, -0.2) is 11.8 Å². The zero-order valence-corrected chi connectivity index (χ0v) is 14.5. The van der Waals surface area contributed by atoms with E-state index in [0.29, 0.717) is 12.8 Å². The predicted octanol–water partition coefficient (Wildman–Crippen LogP) is 4.44. The maximum atomic E-state index is 11.9. The predicted molar refractivity (Wildman–Crippen MR) is 91.8 cm³/mol. The highest BCUT2D eigenvalue weighted by Crippen LogP contribution is 2.22. The van der Waals surface area contributed by atoms with Crippen LogP contribution in [0.1, 0.15) is 54.4 Å².